The molecule has 0 aromatic heterocycles. The summed E-state index contributed by atoms with van der Waals surface area (Å²) in [6.45, 7) is 5.44. The molecule has 0 bridgehead atoms. The molecule has 1 aliphatic rings. The summed E-state index contributed by atoms with van der Waals surface area (Å²) in [6.07, 6.45) is 1.77. The van der Waals surface area contributed by atoms with Crippen molar-refractivity contribution < 1.29 is 9.84 Å². The summed E-state index contributed by atoms with van der Waals surface area (Å²) in [5, 5.41) is 10.0. The van der Waals surface area contributed by atoms with Gasteiger partial charge >= 0.3 is 0 Å². The maximum absolute atomic E-state index is 10.0. The van der Waals surface area contributed by atoms with Crippen molar-refractivity contribution in [3.63, 3.8) is 0 Å². The molecule has 0 unspecified atom stereocenters. The highest BCUT2D eigenvalue weighted by Crippen LogP contribution is 2.28. The molecule has 1 N–H and O–H groups in total. The Labute approximate surface area is 157 Å². The molecule has 1 fully saturated rings. The molecule has 3 rings (SSSR count). The van der Waals surface area contributed by atoms with E-state index in [0.29, 0.717) is 0 Å². The summed E-state index contributed by atoms with van der Waals surface area (Å²) < 4.78 is 6.43. The van der Waals surface area contributed by atoms with Crippen LogP contribution in [0, 0.1) is 0 Å². The quantitative estimate of drug-likeness (QED) is 0.767. The number of hydrogen-bond acceptors (Lipinski definition) is 4. The second kappa shape index (κ2) is 8.61. The van der Waals surface area contributed by atoms with Crippen LogP contribution < -0.4 is 0 Å². The van der Waals surface area contributed by atoms with Crippen LogP contribution in [0.15, 0.2) is 58.0 Å². The Morgan fingerprint density at radius 3 is 2.60 bits per heavy atom. The van der Waals surface area contributed by atoms with E-state index in [2.05, 4.69) is 52.0 Å². The van der Waals surface area contributed by atoms with Crippen molar-refractivity contribution in [2.45, 2.75) is 19.0 Å². The van der Waals surface area contributed by atoms with Crippen molar-refractivity contribution in [3.05, 3.63) is 64.1 Å². The highest BCUT2D eigenvalue weighted by molar-refractivity contribution is 9.10. The third-order valence-corrected chi connectivity index (χ3v) is 4.97. The van der Waals surface area contributed by atoms with Gasteiger partial charge in [-0.05, 0) is 30.7 Å². The fraction of sp³-hybridized carbons (Fsp3) is 0.350. The molecule has 2 aromatic rings. The van der Waals surface area contributed by atoms with Gasteiger partial charge in [-0.1, -0.05) is 46.3 Å². The van der Waals surface area contributed by atoms with Crippen LogP contribution in [-0.4, -0.2) is 48.6 Å². The molecule has 5 heteroatoms. The summed E-state index contributed by atoms with van der Waals surface area (Å²) in [6, 6.07) is 16.1. The number of phenolic OH excluding ortho intramolecular Hbond substituents is 1. The summed E-state index contributed by atoms with van der Waals surface area (Å²) >= 11 is 3.44. The Morgan fingerprint density at radius 2 is 1.88 bits per heavy atom. The van der Waals surface area contributed by atoms with Gasteiger partial charge in [-0.25, -0.2) is 0 Å². The zero-order chi connectivity index (χ0) is 17.6. The van der Waals surface area contributed by atoms with Gasteiger partial charge in [0, 0.05) is 29.3 Å². The Morgan fingerprint density at radius 1 is 1.16 bits per heavy atom. The predicted octanol–water partition coefficient (Wildman–Crippen LogP) is 4.04. The lowest BCUT2D eigenvalue weighted by Crippen LogP contribution is -2.42. The normalized spacial score (nSPS) is 18.3. The lowest BCUT2D eigenvalue weighted by Gasteiger charge is -2.37. The molecule has 2 aromatic carbocycles. The maximum Gasteiger partial charge on any atom is 0.124 e. The monoisotopic (exact) mass is 402 g/mol. The summed E-state index contributed by atoms with van der Waals surface area (Å²) in [7, 11) is 0. The second-order valence-electron chi connectivity index (χ2n) is 6.23. The first-order chi connectivity index (χ1) is 12.1. The van der Waals surface area contributed by atoms with E-state index < -0.39 is 0 Å². The molecule has 25 heavy (non-hydrogen) atoms. The number of aliphatic imine (C=N–C) groups is 1. The molecule has 0 amide bonds. The van der Waals surface area contributed by atoms with Crippen molar-refractivity contribution in [2.75, 3.05) is 26.3 Å². The van der Waals surface area contributed by atoms with Crippen LogP contribution in [0.4, 0.5) is 0 Å². The third kappa shape index (κ3) is 4.69. The van der Waals surface area contributed by atoms with Gasteiger partial charge in [-0.15, -0.1) is 0 Å². The molecule has 1 saturated heterocycles. The van der Waals surface area contributed by atoms with Crippen molar-refractivity contribution in [1.82, 2.24) is 4.90 Å². The van der Waals surface area contributed by atoms with Crippen LogP contribution in [0.3, 0.4) is 0 Å². The highest BCUT2D eigenvalue weighted by atomic mass is 79.9. The number of aromatic hydroxyl groups is 1. The largest absolute Gasteiger partial charge is 0.507 e. The summed E-state index contributed by atoms with van der Waals surface area (Å²) in [4.78, 5) is 7.19. The van der Waals surface area contributed by atoms with Gasteiger partial charge in [-0.3, -0.25) is 9.89 Å². The lowest BCUT2D eigenvalue weighted by atomic mass is 9.98. The predicted molar refractivity (Wildman–Crippen MR) is 104 cm³/mol. The van der Waals surface area contributed by atoms with Crippen LogP contribution in [0.5, 0.6) is 5.75 Å². The van der Waals surface area contributed by atoms with Crippen LogP contribution in [0.2, 0.25) is 0 Å². The maximum atomic E-state index is 10.0. The van der Waals surface area contributed by atoms with E-state index in [4.69, 9.17) is 9.73 Å². The van der Waals surface area contributed by atoms with Crippen molar-refractivity contribution >= 4 is 22.1 Å². The Bertz CT molecular complexity index is 715. The minimum absolute atomic E-state index is 0.0545. The van der Waals surface area contributed by atoms with Crippen LogP contribution in [-0.2, 0) is 4.74 Å². The van der Waals surface area contributed by atoms with E-state index in [0.717, 1.165) is 36.3 Å². The van der Waals surface area contributed by atoms with Gasteiger partial charge in [0.15, 0.2) is 0 Å². The Hall–Kier alpha value is -1.69. The van der Waals surface area contributed by atoms with Crippen molar-refractivity contribution in [1.29, 1.82) is 0 Å². The number of rotatable bonds is 5. The average Bonchev–Trinajstić information content (AvgIpc) is 2.64. The molecule has 0 spiro atoms. The van der Waals surface area contributed by atoms with E-state index in [-0.39, 0.29) is 17.8 Å². The fourth-order valence-corrected chi connectivity index (χ4v) is 3.59. The zero-order valence-electron chi connectivity index (χ0n) is 14.3. The van der Waals surface area contributed by atoms with Gasteiger partial charge in [0.25, 0.3) is 0 Å². The molecule has 1 heterocycles. The molecule has 4 nitrogen and oxygen atoms in total. The number of nitrogens with zero attached hydrogens (tertiary/aromatic N) is 2. The second-order valence-corrected chi connectivity index (χ2v) is 7.14. The zero-order valence-corrected chi connectivity index (χ0v) is 15.9. The van der Waals surface area contributed by atoms with E-state index in [1.807, 2.05) is 18.2 Å². The summed E-state index contributed by atoms with van der Waals surface area (Å²) in [5.41, 5.74) is 1.97. The summed E-state index contributed by atoms with van der Waals surface area (Å²) in [5.74, 6) is 0.238. The minimum Gasteiger partial charge on any atom is -0.507 e. The van der Waals surface area contributed by atoms with E-state index in [9.17, 15) is 5.11 Å². The molecule has 1 aliphatic heterocycles. The van der Waals surface area contributed by atoms with E-state index in [1.165, 1.54) is 5.56 Å². The Balaban J connectivity index is 1.84. The van der Waals surface area contributed by atoms with Gasteiger partial charge in [0.05, 0.1) is 25.3 Å². The van der Waals surface area contributed by atoms with E-state index >= 15 is 0 Å². The SMILES string of the molecule is C[C@H](N=Cc1cc(Br)ccc1O)[C@@H](c1ccccc1)N1CCOCC1. The Kier molecular flexibility index (Phi) is 6.24. The topological polar surface area (TPSA) is 45.1 Å². The molecular weight excluding hydrogens is 380 g/mol. The van der Waals surface area contributed by atoms with Gasteiger partial charge in [0.1, 0.15) is 5.75 Å². The number of benzene rings is 2. The average molecular weight is 403 g/mol. The highest BCUT2D eigenvalue weighted by Gasteiger charge is 2.27. The number of ether oxygens (including phenoxy) is 1. The van der Waals surface area contributed by atoms with Crippen molar-refractivity contribution in [2.24, 2.45) is 4.99 Å². The lowest BCUT2D eigenvalue weighted by molar-refractivity contribution is 0.0119. The van der Waals surface area contributed by atoms with E-state index in [1.54, 1.807) is 12.3 Å². The number of hydrogen-bond donors (Lipinski definition) is 1. The first kappa shape index (κ1) is 18.1. The molecular formula is C20H23BrN2O2. The first-order valence-electron chi connectivity index (χ1n) is 8.53. The van der Waals surface area contributed by atoms with Gasteiger partial charge in [0.2, 0.25) is 0 Å². The molecule has 132 valence electrons. The number of morpholine rings is 1. The van der Waals surface area contributed by atoms with Crippen molar-refractivity contribution in [3.8, 4) is 5.75 Å². The van der Waals surface area contributed by atoms with Crippen LogP contribution >= 0.6 is 15.9 Å². The van der Waals surface area contributed by atoms with Gasteiger partial charge < -0.3 is 9.84 Å². The molecule has 2 atom stereocenters. The first-order valence-corrected chi connectivity index (χ1v) is 9.33. The minimum atomic E-state index is 0.0545. The molecule has 0 saturated carbocycles. The third-order valence-electron chi connectivity index (χ3n) is 4.48. The smallest absolute Gasteiger partial charge is 0.124 e. The standard InChI is InChI=1S/C20H23BrN2O2/c1-15(22-14-17-13-18(21)7-8-19(17)24)20(16-5-3-2-4-6-16)23-9-11-25-12-10-23/h2-8,13-15,20,24H,9-12H2,1H3/t15-,20-/m0/s1. The van der Waals surface area contributed by atoms with Crippen LogP contribution in [0.25, 0.3) is 0 Å². The van der Waals surface area contributed by atoms with Crippen LogP contribution in [0.1, 0.15) is 24.1 Å². The fourth-order valence-electron chi connectivity index (χ4n) is 3.21. The number of phenols is 1. The molecule has 0 radical (unpaired) electrons. The van der Waals surface area contributed by atoms with Gasteiger partial charge in [-0.2, -0.15) is 0 Å². The molecule has 0 aliphatic carbocycles. The number of halogens is 1.